The zero-order valence-electron chi connectivity index (χ0n) is 21.0. The van der Waals surface area contributed by atoms with Crippen LogP contribution in [0, 0.1) is 0 Å². The predicted octanol–water partition coefficient (Wildman–Crippen LogP) is 3.23. The summed E-state index contributed by atoms with van der Waals surface area (Å²) in [6.07, 6.45) is 2.15. The van der Waals surface area contributed by atoms with Crippen LogP contribution in [0.2, 0.25) is 0 Å². The number of urea groups is 1. The Kier molecular flexibility index (Phi) is 6.30. The van der Waals surface area contributed by atoms with E-state index in [0.29, 0.717) is 25.7 Å². The summed E-state index contributed by atoms with van der Waals surface area (Å²) in [5.41, 5.74) is 3.11. The summed E-state index contributed by atoms with van der Waals surface area (Å²) < 4.78 is 11.5. The molecule has 0 N–H and O–H groups in total. The number of guanidine groups is 1. The van der Waals surface area contributed by atoms with Gasteiger partial charge in [-0.25, -0.2) is 9.79 Å². The van der Waals surface area contributed by atoms with Gasteiger partial charge in [-0.1, -0.05) is 36.4 Å². The number of fused-ring (bicyclic) bond motifs is 3. The average molecular weight is 490 g/mol. The number of carbonyl (C=O) groups excluding carboxylic acids is 2. The van der Waals surface area contributed by atoms with Gasteiger partial charge in [0.15, 0.2) is 23.7 Å². The Bertz CT molecular complexity index is 1230. The number of hydrogen-bond donors (Lipinski definition) is 0. The minimum Gasteiger partial charge on any atom is -0.490 e. The average Bonchev–Trinajstić information content (AvgIpc) is 3.43. The van der Waals surface area contributed by atoms with E-state index in [1.807, 2.05) is 67.4 Å². The van der Waals surface area contributed by atoms with Crippen LogP contribution in [-0.4, -0.2) is 83.6 Å². The fraction of sp³-hybridized carbons (Fsp3) is 0.370. The van der Waals surface area contributed by atoms with Crippen molar-refractivity contribution in [2.45, 2.75) is 32.5 Å². The van der Waals surface area contributed by atoms with Crippen LogP contribution in [0.25, 0.3) is 5.70 Å². The molecule has 0 bridgehead atoms. The highest BCUT2D eigenvalue weighted by Gasteiger charge is 2.53. The summed E-state index contributed by atoms with van der Waals surface area (Å²) >= 11 is 0. The molecule has 0 saturated carbocycles. The van der Waals surface area contributed by atoms with Crippen LogP contribution in [0.4, 0.5) is 4.79 Å². The molecule has 2 atom stereocenters. The van der Waals surface area contributed by atoms with Gasteiger partial charge in [0, 0.05) is 26.8 Å². The summed E-state index contributed by atoms with van der Waals surface area (Å²) in [4.78, 5) is 37.3. The molecule has 1 saturated heterocycles. The van der Waals surface area contributed by atoms with E-state index in [2.05, 4.69) is 11.0 Å². The molecule has 0 aliphatic carbocycles. The number of amides is 3. The zero-order valence-corrected chi connectivity index (χ0v) is 21.0. The fourth-order valence-corrected chi connectivity index (χ4v) is 4.92. The van der Waals surface area contributed by atoms with Crippen molar-refractivity contribution in [3.05, 3.63) is 65.9 Å². The molecule has 0 spiro atoms. The number of aliphatic imine (C=N–C) groups is 1. The van der Waals surface area contributed by atoms with Crippen molar-refractivity contribution >= 4 is 23.6 Å². The van der Waals surface area contributed by atoms with Gasteiger partial charge in [-0.2, -0.15) is 0 Å². The standard InChI is InChI=1S/C27H31N5O4/c1-5-35-21-13-12-18(16-22(21)36-6-2)14-15-31-20(19-10-8-7-9-11-19)17-32-23-24(28-26(31)32)29(3)27(34)30(4)25(23)33/h7-13,16-17,23-24H,5-6,14-15H2,1-4H3. The van der Waals surface area contributed by atoms with Crippen LogP contribution in [-0.2, 0) is 11.2 Å². The molecule has 9 nitrogen and oxygen atoms in total. The highest BCUT2D eigenvalue weighted by molar-refractivity contribution is 6.06. The van der Waals surface area contributed by atoms with Gasteiger partial charge in [-0.15, -0.1) is 0 Å². The Morgan fingerprint density at radius 2 is 1.67 bits per heavy atom. The topological polar surface area (TPSA) is 77.9 Å². The van der Waals surface area contributed by atoms with Crippen molar-refractivity contribution < 1.29 is 19.1 Å². The summed E-state index contributed by atoms with van der Waals surface area (Å²) in [6, 6.07) is 15.2. The summed E-state index contributed by atoms with van der Waals surface area (Å²) in [5.74, 6) is 1.90. The lowest BCUT2D eigenvalue weighted by molar-refractivity contribution is -0.135. The molecule has 3 heterocycles. The van der Waals surface area contributed by atoms with E-state index in [9.17, 15) is 9.59 Å². The Hall–Kier alpha value is -4.01. The summed E-state index contributed by atoms with van der Waals surface area (Å²) in [6.45, 7) is 5.67. The molecule has 3 aliphatic heterocycles. The first-order chi connectivity index (χ1) is 17.4. The second kappa shape index (κ2) is 9.56. The van der Waals surface area contributed by atoms with Gasteiger partial charge < -0.3 is 24.2 Å². The normalized spacial score (nSPS) is 20.9. The molecule has 1 fully saturated rings. The lowest BCUT2D eigenvalue weighted by atomic mass is 10.1. The number of benzene rings is 2. The molecule has 2 unspecified atom stereocenters. The Morgan fingerprint density at radius 3 is 2.39 bits per heavy atom. The first-order valence-corrected chi connectivity index (χ1v) is 12.3. The maximum atomic E-state index is 13.1. The van der Waals surface area contributed by atoms with Crippen LogP contribution < -0.4 is 9.47 Å². The first kappa shape index (κ1) is 23.7. The van der Waals surface area contributed by atoms with Crippen molar-refractivity contribution in [1.29, 1.82) is 0 Å². The van der Waals surface area contributed by atoms with Gasteiger partial charge in [-0.05, 0) is 43.5 Å². The van der Waals surface area contributed by atoms with Crippen LogP contribution in [0.1, 0.15) is 25.0 Å². The molecular weight excluding hydrogens is 458 g/mol. The van der Waals surface area contributed by atoms with E-state index < -0.39 is 12.2 Å². The van der Waals surface area contributed by atoms with E-state index in [-0.39, 0.29) is 11.9 Å². The lowest BCUT2D eigenvalue weighted by Crippen LogP contribution is -2.63. The van der Waals surface area contributed by atoms with E-state index in [1.54, 1.807) is 7.05 Å². The molecule has 2 aromatic rings. The van der Waals surface area contributed by atoms with E-state index in [4.69, 9.17) is 14.5 Å². The number of imide groups is 1. The van der Waals surface area contributed by atoms with Crippen LogP contribution in [0.3, 0.4) is 0 Å². The van der Waals surface area contributed by atoms with Crippen LogP contribution in [0.15, 0.2) is 59.7 Å². The first-order valence-electron chi connectivity index (χ1n) is 12.3. The Balaban J connectivity index is 1.46. The molecule has 9 heteroatoms. The third-order valence-corrected chi connectivity index (χ3v) is 6.72. The largest absolute Gasteiger partial charge is 0.490 e. The number of hydrogen-bond acceptors (Lipinski definition) is 7. The molecule has 3 aliphatic rings. The number of rotatable bonds is 8. The third-order valence-electron chi connectivity index (χ3n) is 6.72. The van der Waals surface area contributed by atoms with E-state index >= 15 is 0 Å². The Morgan fingerprint density at radius 1 is 0.944 bits per heavy atom. The number of carbonyl (C=O) groups is 2. The van der Waals surface area contributed by atoms with Crippen molar-refractivity contribution in [1.82, 2.24) is 19.6 Å². The van der Waals surface area contributed by atoms with Gasteiger partial charge in [-0.3, -0.25) is 9.69 Å². The van der Waals surface area contributed by atoms with Gasteiger partial charge in [0.05, 0.1) is 18.9 Å². The van der Waals surface area contributed by atoms with Crippen molar-refractivity contribution in [2.75, 3.05) is 33.9 Å². The highest BCUT2D eigenvalue weighted by atomic mass is 16.5. The van der Waals surface area contributed by atoms with E-state index in [1.165, 1.54) is 16.8 Å². The SMILES string of the molecule is CCOc1ccc(CCN2C(c3ccccc3)=CN3C2=NC2C3C(=O)N(C)C(=O)N2C)cc1OCC. The van der Waals surface area contributed by atoms with Crippen molar-refractivity contribution in [3.8, 4) is 11.5 Å². The van der Waals surface area contributed by atoms with Crippen molar-refractivity contribution in [2.24, 2.45) is 4.99 Å². The molecule has 3 amide bonds. The fourth-order valence-electron chi connectivity index (χ4n) is 4.92. The zero-order chi connectivity index (χ0) is 25.4. The molecule has 0 radical (unpaired) electrons. The molecule has 36 heavy (non-hydrogen) atoms. The molecule has 0 aromatic heterocycles. The minimum absolute atomic E-state index is 0.250. The number of ether oxygens (including phenoxy) is 2. The highest BCUT2D eigenvalue weighted by Crippen LogP contribution is 2.37. The van der Waals surface area contributed by atoms with Crippen molar-refractivity contribution in [3.63, 3.8) is 0 Å². The minimum atomic E-state index is -0.577. The second-order valence-electron chi connectivity index (χ2n) is 8.91. The third kappa shape index (κ3) is 3.94. The maximum Gasteiger partial charge on any atom is 0.328 e. The predicted molar refractivity (Wildman–Crippen MR) is 136 cm³/mol. The van der Waals surface area contributed by atoms with Gasteiger partial charge in [0.2, 0.25) is 5.96 Å². The van der Waals surface area contributed by atoms with Gasteiger partial charge in [0.1, 0.15) is 0 Å². The van der Waals surface area contributed by atoms with Crippen LogP contribution in [0.5, 0.6) is 11.5 Å². The summed E-state index contributed by atoms with van der Waals surface area (Å²) in [5, 5.41) is 0. The van der Waals surface area contributed by atoms with Crippen LogP contribution >= 0.6 is 0 Å². The smallest absolute Gasteiger partial charge is 0.328 e. The molecule has 5 rings (SSSR count). The molecule has 2 aromatic carbocycles. The van der Waals surface area contributed by atoms with E-state index in [0.717, 1.165) is 34.7 Å². The molecule has 188 valence electrons. The summed E-state index contributed by atoms with van der Waals surface area (Å²) in [7, 11) is 3.21. The maximum absolute atomic E-state index is 13.1. The van der Waals surface area contributed by atoms with Gasteiger partial charge >= 0.3 is 6.03 Å². The number of likely N-dealkylation sites (N-methyl/N-ethyl adjacent to an activating group) is 2. The van der Waals surface area contributed by atoms with Gasteiger partial charge in [0.25, 0.3) is 5.91 Å². The molecular formula is C27H31N5O4. The monoisotopic (exact) mass is 489 g/mol. The quantitative estimate of drug-likeness (QED) is 0.567. The Labute approximate surface area is 211 Å². The lowest BCUT2D eigenvalue weighted by Gasteiger charge is -2.38. The number of nitrogens with zero attached hydrogens (tertiary/aromatic N) is 5. The second-order valence-corrected chi connectivity index (χ2v) is 8.91.